The maximum Gasteiger partial charge on any atom is 0.126 e. The van der Waals surface area contributed by atoms with Gasteiger partial charge in [0.2, 0.25) is 0 Å². The molecule has 0 fully saturated rings. The third kappa shape index (κ3) is 1.66. The SMILES string of the molecule is Cc1cc2c(cc1F)C(I)CCO2. The fourth-order valence-electron chi connectivity index (χ4n) is 1.47. The zero-order valence-electron chi connectivity index (χ0n) is 7.31. The normalized spacial score (nSPS) is 20.7. The Balaban J connectivity index is 2.52. The molecule has 0 saturated carbocycles. The van der Waals surface area contributed by atoms with E-state index in [1.165, 1.54) is 0 Å². The summed E-state index contributed by atoms with van der Waals surface area (Å²) >= 11 is 2.33. The number of ether oxygens (including phenoxy) is 1. The van der Waals surface area contributed by atoms with Crippen molar-refractivity contribution in [3.63, 3.8) is 0 Å². The monoisotopic (exact) mass is 292 g/mol. The molecule has 0 aromatic heterocycles. The molecule has 1 aromatic carbocycles. The second-order valence-corrected chi connectivity index (χ2v) is 4.75. The number of alkyl halides is 1. The Kier molecular flexibility index (Phi) is 2.45. The van der Waals surface area contributed by atoms with Crippen LogP contribution in [0.1, 0.15) is 21.5 Å². The van der Waals surface area contributed by atoms with Crippen molar-refractivity contribution in [2.45, 2.75) is 17.3 Å². The van der Waals surface area contributed by atoms with Crippen molar-refractivity contribution >= 4 is 22.6 Å². The van der Waals surface area contributed by atoms with Gasteiger partial charge in [-0.1, -0.05) is 22.6 Å². The maximum atomic E-state index is 13.2. The van der Waals surface area contributed by atoms with Gasteiger partial charge in [0.15, 0.2) is 0 Å². The van der Waals surface area contributed by atoms with Gasteiger partial charge in [-0.25, -0.2) is 4.39 Å². The summed E-state index contributed by atoms with van der Waals surface area (Å²) in [4.78, 5) is 0. The minimum Gasteiger partial charge on any atom is -0.493 e. The van der Waals surface area contributed by atoms with Gasteiger partial charge in [0.1, 0.15) is 11.6 Å². The van der Waals surface area contributed by atoms with E-state index in [0.717, 1.165) is 24.3 Å². The summed E-state index contributed by atoms with van der Waals surface area (Å²) in [5, 5.41) is 0. The number of aryl methyl sites for hydroxylation is 1. The van der Waals surface area contributed by atoms with Gasteiger partial charge in [-0.05, 0) is 31.0 Å². The van der Waals surface area contributed by atoms with Gasteiger partial charge in [-0.2, -0.15) is 0 Å². The molecule has 0 amide bonds. The highest BCUT2D eigenvalue weighted by Gasteiger charge is 2.20. The molecule has 0 spiro atoms. The van der Waals surface area contributed by atoms with Crippen LogP contribution in [-0.2, 0) is 0 Å². The molecule has 70 valence electrons. The second-order valence-electron chi connectivity index (χ2n) is 3.24. The molecule has 1 aliphatic heterocycles. The van der Waals surface area contributed by atoms with Crippen molar-refractivity contribution in [1.29, 1.82) is 0 Å². The van der Waals surface area contributed by atoms with Crippen LogP contribution >= 0.6 is 22.6 Å². The van der Waals surface area contributed by atoms with Crippen molar-refractivity contribution in [2.24, 2.45) is 0 Å². The number of fused-ring (bicyclic) bond motifs is 1. The van der Waals surface area contributed by atoms with Crippen molar-refractivity contribution in [2.75, 3.05) is 6.61 Å². The van der Waals surface area contributed by atoms with Gasteiger partial charge in [0, 0.05) is 9.49 Å². The second kappa shape index (κ2) is 3.44. The van der Waals surface area contributed by atoms with Crippen molar-refractivity contribution in [1.82, 2.24) is 0 Å². The molecule has 13 heavy (non-hydrogen) atoms. The predicted octanol–water partition coefficient (Wildman–Crippen LogP) is 3.39. The molecule has 0 bridgehead atoms. The standard InChI is InChI=1S/C10H10FIO/c1-6-4-10-7(5-8(6)11)9(12)2-3-13-10/h4-5,9H,2-3H2,1H3. The summed E-state index contributed by atoms with van der Waals surface area (Å²) in [5.41, 5.74) is 1.65. The van der Waals surface area contributed by atoms with Crippen LogP contribution < -0.4 is 4.74 Å². The predicted molar refractivity (Wildman–Crippen MR) is 58.0 cm³/mol. The lowest BCUT2D eigenvalue weighted by Crippen LogP contribution is -2.11. The molecule has 1 heterocycles. The van der Waals surface area contributed by atoms with Crippen LogP contribution in [0.4, 0.5) is 4.39 Å². The number of hydrogen-bond donors (Lipinski definition) is 0. The van der Waals surface area contributed by atoms with Gasteiger partial charge in [0.25, 0.3) is 0 Å². The summed E-state index contributed by atoms with van der Waals surface area (Å²) in [6.07, 6.45) is 0.968. The number of hydrogen-bond acceptors (Lipinski definition) is 1. The Morgan fingerprint density at radius 3 is 3.08 bits per heavy atom. The minimum absolute atomic E-state index is 0.133. The van der Waals surface area contributed by atoms with E-state index in [2.05, 4.69) is 22.6 Å². The van der Waals surface area contributed by atoms with E-state index in [1.807, 2.05) is 0 Å². The highest BCUT2D eigenvalue weighted by atomic mass is 127. The van der Waals surface area contributed by atoms with E-state index in [-0.39, 0.29) is 5.82 Å². The van der Waals surface area contributed by atoms with E-state index in [0.29, 0.717) is 9.49 Å². The number of halogens is 2. The van der Waals surface area contributed by atoms with E-state index < -0.39 is 0 Å². The van der Waals surface area contributed by atoms with E-state index >= 15 is 0 Å². The van der Waals surface area contributed by atoms with E-state index in [9.17, 15) is 4.39 Å². The highest BCUT2D eigenvalue weighted by Crippen LogP contribution is 2.38. The summed E-state index contributed by atoms with van der Waals surface area (Å²) in [7, 11) is 0. The van der Waals surface area contributed by atoms with Crippen LogP contribution in [0, 0.1) is 12.7 Å². The topological polar surface area (TPSA) is 9.23 Å². The lowest BCUT2D eigenvalue weighted by Gasteiger charge is -2.22. The van der Waals surface area contributed by atoms with Gasteiger partial charge in [-0.3, -0.25) is 0 Å². The van der Waals surface area contributed by atoms with Crippen LogP contribution in [0.2, 0.25) is 0 Å². The van der Waals surface area contributed by atoms with Crippen LogP contribution in [-0.4, -0.2) is 6.61 Å². The maximum absolute atomic E-state index is 13.2. The molecule has 3 heteroatoms. The third-order valence-corrected chi connectivity index (χ3v) is 3.55. The van der Waals surface area contributed by atoms with Gasteiger partial charge in [0.05, 0.1) is 6.61 Å². The molecular weight excluding hydrogens is 282 g/mol. The minimum atomic E-state index is -0.133. The summed E-state index contributed by atoms with van der Waals surface area (Å²) < 4.78 is 19.1. The lowest BCUT2D eigenvalue weighted by molar-refractivity contribution is 0.288. The summed E-state index contributed by atoms with van der Waals surface area (Å²) in [5.74, 6) is 0.718. The van der Waals surface area contributed by atoms with E-state index in [1.54, 1.807) is 19.1 Å². The number of benzene rings is 1. The quantitative estimate of drug-likeness (QED) is 0.526. The first-order chi connectivity index (χ1) is 6.18. The first kappa shape index (κ1) is 9.24. The Hall–Kier alpha value is -0.320. The van der Waals surface area contributed by atoms with Gasteiger partial charge in [-0.15, -0.1) is 0 Å². The molecule has 2 rings (SSSR count). The fraction of sp³-hybridized carbons (Fsp3) is 0.400. The largest absolute Gasteiger partial charge is 0.493 e. The Bertz CT molecular complexity index is 338. The molecule has 1 aromatic rings. The summed E-state index contributed by atoms with van der Waals surface area (Å²) in [6, 6.07) is 3.39. The van der Waals surface area contributed by atoms with Gasteiger partial charge >= 0.3 is 0 Å². The molecule has 1 unspecified atom stereocenters. The Morgan fingerprint density at radius 2 is 2.31 bits per heavy atom. The molecule has 0 aliphatic carbocycles. The molecule has 1 atom stereocenters. The van der Waals surface area contributed by atoms with Crippen LogP contribution in [0.5, 0.6) is 5.75 Å². The fourth-order valence-corrected chi connectivity index (χ4v) is 2.21. The van der Waals surface area contributed by atoms with Crippen molar-refractivity contribution in [3.05, 3.63) is 29.1 Å². The average Bonchev–Trinajstić information content (AvgIpc) is 2.09. The van der Waals surface area contributed by atoms with Gasteiger partial charge < -0.3 is 4.74 Å². The highest BCUT2D eigenvalue weighted by molar-refractivity contribution is 14.1. The number of rotatable bonds is 0. The zero-order chi connectivity index (χ0) is 9.42. The van der Waals surface area contributed by atoms with E-state index in [4.69, 9.17) is 4.74 Å². The van der Waals surface area contributed by atoms with Crippen molar-refractivity contribution in [3.8, 4) is 5.75 Å². The molecule has 1 nitrogen and oxygen atoms in total. The summed E-state index contributed by atoms with van der Waals surface area (Å²) in [6.45, 7) is 2.50. The molecule has 1 aliphatic rings. The first-order valence-electron chi connectivity index (χ1n) is 4.25. The molecular formula is C10H10FIO. The van der Waals surface area contributed by atoms with Crippen LogP contribution in [0.25, 0.3) is 0 Å². The molecule has 0 saturated heterocycles. The molecule has 0 N–H and O–H groups in total. The Labute approximate surface area is 90.4 Å². The molecule has 0 radical (unpaired) electrons. The van der Waals surface area contributed by atoms with Crippen molar-refractivity contribution < 1.29 is 9.13 Å². The smallest absolute Gasteiger partial charge is 0.126 e. The van der Waals surface area contributed by atoms with Crippen LogP contribution in [0.15, 0.2) is 12.1 Å². The Morgan fingerprint density at radius 1 is 1.54 bits per heavy atom. The zero-order valence-corrected chi connectivity index (χ0v) is 9.47. The van der Waals surface area contributed by atoms with Crippen LogP contribution in [0.3, 0.4) is 0 Å². The average molecular weight is 292 g/mol. The first-order valence-corrected chi connectivity index (χ1v) is 5.50. The third-order valence-electron chi connectivity index (χ3n) is 2.26. The lowest BCUT2D eigenvalue weighted by atomic mass is 10.0.